The number of thioether (sulfide) groups is 1. The molecule has 3 heteroatoms. The van der Waals surface area contributed by atoms with Crippen molar-refractivity contribution in [1.82, 2.24) is 0 Å². The van der Waals surface area contributed by atoms with Gasteiger partial charge < -0.3 is 0 Å². The summed E-state index contributed by atoms with van der Waals surface area (Å²) in [6.07, 6.45) is 4.63. The summed E-state index contributed by atoms with van der Waals surface area (Å²) in [5, 5.41) is 0.0591. The second-order valence-electron chi connectivity index (χ2n) is 4.56. The minimum absolute atomic E-state index is 0.0891. The first kappa shape index (κ1) is 15.6. The van der Waals surface area contributed by atoms with Gasteiger partial charge in [0.05, 0.1) is 0 Å². The zero-order valence-electron chi connectivity index (χ0n) is 11.1. The summed E-state index contributed by atoms with van der Waals surface area (Å²) in [4.78, 5) is 12.6. The van der Waals surface area contributed by atoms with Gasteiger partial charge >= 0.3 is 0 Å². The zero-order valence-corrected chi connectivity index (χ0v) is 12.6. The summed E-state index contributed by atoms with van der Waals surface area (Å²) in [6.45, 7) is 4.12. The third-order valence-corrected chi connectivity index (χ3v) is 4.87. The number of halogens is 1. The van der Waals surface area contributed by atoms with Crippen LogP contribution in [0, 0.1) is 5.92 Å². The molecule has 0 saturated carbocycles. The molecule has 0 unspecified atom stereocenters. The van der Waals surface area contributed by atoms with Crippen LogP contribution in [0.1, 0.15) is 39.5 Å². The van der Waals surface area contributed by atoms with E-state index in [0.717, 1.165) is 12.8 Å². The van der Waals surface area contributed by atoms with Gasteiger partial charge in [0.1, 0.15) is 0 Å². The highest BCUT2D eigenvalue weighted by atomic mass is 35.5. The van der Waals surface area contributed by atoms with E-state index in [0.29, 0.717) is 0 Å². The lowest BCUT2D eigenvalue weighted by molar-refractivity contribution is -0.114. The number of benzene rings is 1. The maximum Gasteiger partial charge on any atom is 0.225 e. The molecule has 0 aliphatic rings. The van der Waals surface area contributed by atoms with Gasteiger partial charge in [0, 0.05) is 16.1 Å². The van der Waals surface area contributed by atoms with Gasteiger partial charge in [-0.25, -0.2) is 0 Å². The Bertz CT molecular complexity index is 353. The quantitative estimate of drug-likeness (QED) is 0.374. The first-order chi connectivity index (χ1) is 8.65. The Morgan fingerprint density at radius 2 is 1.94 bits per heavy atom. The maximum absolute atomic E-state index is 11.4. The van der Waals surface area contributed by atoms with E-state index >= 15 is 0 Å². The first-order valence-electron chi connectivity index (χ1n) is 6.56. The third kappa shape index (κ3) is 5.45. The number of hydrogen-bond donors (Lipinski definition) is 0. The van der Waals surface area contributed by atoms with Crippen LogP contribution in [-0.2, 0) is 4.79 Å². The van der Waals surface area contributed by atoms with Crippen molar-refractivity contribution in [3.8, 4) is 0 Å². The molecule has 0 aromatic heterocycles. The molecule has 0 fully saturated rings. The van der Waals surface area contributed by atoms with Crippen molar-refractivity contribution >= 4 is 28.6 Å². The van der Waals surface area contributed by atoms with Crippen LogP contribution in [0.3, 0.4) is 0 Å². The second kappa shape index (κ2) is 8.60. The van der Waals surface area contributed by atoms with Crippen molar-refractivity contribution in [2.75, 3.05) is 0 Å². The fourth-order valence-corrected chi connectivity index (χ4v) is 3.33. The van der Waals surface area contributed by atoms with Gasteiger partial charge in [0.15, 0.2) is 0 Å². The number of carbonyl (C=O) groups excluding carboxylic acids is 1. The molecule has 0 aliphatic carbocycles. The summed E-state index contributed by atoms with van der Waals surface area (Å²) < 4.78 is 0. The van der Waals surface area contributed by atoms with Gasteiger partial charge in [-0.1, -0.05) is 51.3 Å². The second-order valence-corrected chi connectivity index (χ2v) is 6.24. The number of carbonyl (C=O) groups is 1. The van der Waals surface area contributed by atoms with Crippen molar-refractivity contribution in [2.45, 2.75) is 49.7 Å². The van der Waals surface area contributed by atoms with Crippen LogP contribution in [0.5, 0.6) is 0 Å². The predicted octanol–water partition coefficient (Wildman–Crippen LogP) is 5.13. The summed E-state index contributed by atoms with van der Waals surface area (Å²) in [7, 11) is 0. The lowest BCUT2D eigenvalue weighted by Crippen LogP contribution is -2.19. The molecule has 18 heavy (non-hydrogen) atoms. The lowest BCUT2D eigenvalue weighted by Gasteiger charge is -2.20. The first-order valence-corrected chi connectivity index (χ1v) is 7.82. The molecule has 1 aromatic rings. The van der Waals surface area contributed by atoms with E-state index in [1.165, 1.54) is 17.7 Å². The molecule has 1 nitrogen and oxygen atoms in total. The Morgan fingerprint density at radius 3 is 2.50 bits per heavy atom. The van der Waals surface area contributed by atoms with Crippen LogP contribution in [0.15, 0.2) is 35.2 Å². The molecule has 0 saturated heterocycles. The van der Waals surface area contributed by atoms with Crippen LogP contribution in [0.25, 0.3) is 0 Å². The van der Waals surface area contributed by atoms with E-state index in [4.69, 9.17) is 11.6 Å². The van der Waals surface area contributed by atoms with Crippen molar-refractivity contribution in [3.63, 3.8) is 0 Å². The van der Waals surface area contributed by atoms with Crippen molar-refractivity contribution in [2.24, 2.45) is 5.92 Å². The fraction of sp³-hybridized carbons (Fsp3) is 0.533. The molecule has 0 heterocycles. The van der Waals surface area contributed by atoms with E-state index in [-0.39, 0.29) is 16.4 Å². The third-order valence-electron chi connectivity index (χ3n) is 3.04. The summed E-state index contributed by atoms with van der Waals surface area (Å²) in [5.41, 5.74) is 0. The molecular weight excluding hydrogens is 264 g/mol. The minimum atomic E-state index is -0.222. The average Bonchev–Trinajstić information content (AvgIpc) is 2.38. The molecule has 0 N–H and O–H groups in total. The van der Waals surface area contributed by atoms with Crippen LogP contribution >= 0.6 is 23.4 Å². The largest absolute Gasteiger partial charge is 0.281 e. The van der Waals surface area contributed by atoms with Gasteiger partial charge in [0.25, 0.3) is 0 Å². The molecule has 0 aliphatic heterocycles. The molecule has 0 bridgehead atoms. The molecule has 1 rings (SSSR count). The average molecular weight is 285 g/mol. The summed E-state index contributed by atoms with van der Waals surface area (Å²) in [5.74, 6) is -0.0891. The van der Waals surface area contributed by atoms with E-state index in [2.05, 4.69) is 19.1 Å². The Hall–Kier alpha value is -0.470. The van der Waals surface area contributed by atoms with E-state index in [9.17, 15) is 4.79 Å². The SMILES string of the molecule is CCCCC[C@H](Sc1ccccc1)[C@@H](C)C(=O)Cl. The van der Waals surface area contributed by atoms with Gasteiger partial charge in [-0.3, -0.25) is 4.79 Å². The van der Waals surface area contributed by atoms with Crippen LogP contribution < -0.4 is 0 Å². The molecule has 2 atom stereocenters. The Labute approximate surface area is 119 Å². The molecule has 100 valence electrons. The smallest absolute Gasteiger partial charge is 0.225 e. The minimum Gasteiger partial charge on any atom is -0.281 e. The monoisotopic (exact) mass is 284 g/mol. The van der Waals surface area contributed by atoms with Crippen molar-refractivity contribution < 1.29 is 4.79 Å². The highest BCUT2D eigenvalue weighted by Crippen LogP contribution is 2.32. The van der Waals surface area contributed by atoms with Gasteiger partial charge in [0.2, 0.25) is 5.24 Å². The van der Waals surface area contributed by atoms with E-state index in [1.807, 2.05) is 25.1 Å². The summed E-state index contributed by atoms with van der Waals surface area (Å²) in [6, 6.07) is 10.2. The van der Waals surface area contributed by atoms with Crippen molar-refractivity contribution in [3.05, 3.63) is 30.3 Å². The van der Waals surface area contributed by atoms with E-state index in [1.54, 1.807) is 11.8 Å². The standard InChI is InChI=1S/C15H21ClOS/c1-3-4-6-11-14(12(2)15(16)17)18-13-9-7-5-8-10-13/h5,7-10,12,14H,3-4,6,11H2,1-2H3/t12-,14+/m1/s1. The fourth-order valence-electron chi connectivity index (χ4n) is 1.83. The number of unbranched alkanes of at least 4 members (excludes halogenated alkanes) is 2. The molecule has 0 radical (unpaired) electrons. The Kier molecular flexibility index (Phi) is 7.45. The molecular formula is C15H21ClOS. The van der Waals surface area contributed by atoms with Gasteiger partial charge in [-0.15, -0.1) is 11.8 Å². The van der Waals surface area contributed by atoms with Crippen molar-refractivity contribution in [1.29, 1.82) is 0 Å². The molecule has 0 spiro atoms. The molecule has 0 amide bonds. The maximum atomic E-state index is 11.4. The van der Waals surface area contributed by atoms with Crippen LogP contribution in [0.2, 0.25) is 0 Å². The predicted molar refractivity (Wildman–Crippen MR) is 80.3 cm³/mol. The highest BCUT2D eigenvalue weighted by molar-refractivity contribution is 8.00. The lowest BCUT2D eigenvalue weighted by atomic mass is 10.0. The number of rotatable bonds is 8. The van der Waals surface area contributed by atoms with Gasteiger partial charge in [-0.2, -0.15) is 0 Å². The van der Waals surface area contributed by atoms with E-state index < -0.39 is 0 Å². The van der Waals surface area contributed by atoms with Crippen LogP contribution in [-0.4, -0.2) is 10.5 Å². The van der Waals surface area contributed by atoms with Crippen LogP contribution in [0.4, 0.5) is 0 Å². The zero-order chi connectivity index (χ0) is 13.4. The molecule has 1 aromatic carbocycles. The Morgan fingerprint density at radius 1 is 1.28 bits per heavy atom. The Balaban J connectivity index is 2.62. The highest BCUT2D eigenvalue weighted by Gasteiger charge is 2.23. The topological polar surface area (TPSA) is 17.1 Å². The number of hydrogen-bond acceptors (Lipinski definition) is 2. The summed E-state index contributed by atoms with van der Waals surface area (Å²) >= 11 is 7.42. The normalized spacial score (nSPS) is 14.2. The van der Waals surface area contributed by atoms with Gasteiger partial charge in [-0.05, 0) is 30.2 Å².